The van der Waals surface area contributed by atoms with Gasteiger partial charge in [0.05, 0.1) is 27.6 Å². The summed E-state index contributed by atoms with van der Waals surface area (Å²) in [5.74, 6) is -0.709. The van der Waals surface area contributed by atoms with Gasteiger partial charge in [0.2, 0.25) is 0 Å². The van der Waals surface area contributed by atoms with Crippen molar-refractivity contribution in [3.63, 3.8) is 0 Å². The Bertz CT molecular complexity index is 1350. The molecule has 0 amide bonds. The van der Waals surface area contributed by atoms with Crippen LogP contribution in [-0.2, 0) is 11.2 Å². The van der Waals surface area contributed by atoms with Crippen LogP contribution >= 0.6 is 58.2 Å². The fourth-order valence-corrected chi connectivity index (χ4v) is 5.40. The lowest BCUT2D eigenvalue weighted by molar-refractivity contribution is 0.571. The van der Waals surface area contributed by atoms with Gasteiger partial charge in [-0.05, 0) is 48.0 Å². The lowest BCUT2D eigenvalue weighted by Gasteiger charge is -2.28. The molecule has 3 aromatic carbocycles. The van der Waals surface area contributed by atoms with E-state index in [1.54, 1.807) is 47.2 Å². The molecule has 0 aliphatic rings. The first-order chi connectivity index (χ1) is 16.1. The Morgan fingerprint density at radius 1 is 0.882 bits per heavy atom. The van der Waals surface area contributed by atoms with Crippen LogP contribution in [0.15, 0.2) is 66.0 Å². The van der Waals surface area contributed by atoms with Crippen LogP contribution < -0.4 is 0 Å². The second-order valence-electron chi connectivity index (χ2n) is 8.10. The van der Waals surface area contributed by atoms with Crippen LogP contribution in [0.1, 0.15) is 30.7 Å². The third-order valence-electron chi connectivity index (χ3n) is 5.57. The van der Waals surface area contributed by atoms with Crippen LogP contribution in [0.5, 0.6) is 0 Å². The number of benzene rings is 3. The fraction of sp³-hybridized carbons (Fsp3) is 0.160. The molecule has 1 heterocycles. The Hall–Kier alpha value is -1.76. The number of rotatable bonds is 6. The maximum atomic E-state index is 15.1. The van der Waals surface area contributed by atoms with Gasteiger partial charge >= 0.3 is 0 Å². The number of thioether (sulfide) groups is 1. The number of aromatic nitrogens is 2. The Balaban J connectivity index is 1.84. The summed E-state index contributed by atoms with van der Waals surface area (Å²) in [5, 5.41) is 1.93. The predicted molar refractivity (Wildman–Crippen MR) is 138 cm³/mol. The van der Waals surface area contributed by atoms with E-state index in [1.165, 1.54) is 23.9 Å². The van der Waals surface area contributed by atoms with Gasteiger partial charge in [-0.15, -0.1) is 0 Å². The second-order valence-corrected chi connectivity index (χ2v) is 10.7. The number of imidazole rings is 1. The molecule has 0 aliphatic carbocycles. The van der Waals surface area contributed by atoms with Crippen molar-refractivity contribution in [2.24, 2.45) is 0 Å². The lowest BCUT2D eigenvalue weighted by Crippen LogP contribution is -2.23. The number of hydrogen-bond acceptors (Lipinski definition) is 2. The van der Waals surface area contributed by atoms with Gasteiger partial charge in [-0.25, -0.2) is 13.8 Å². The summed E-state index contributed by atoms with van der Waals surface area (Å²) in [6.45, 7) is 3.96. The summed E-state index contributed by atoms with van der Waals surface area (Å²) in [7, 11) is 0. The van der Waals surface area contributed by atoms with Crippen LogP contribution in [0.3, 0.4) is 0 Å². The van der Waals surface area contributed by atoms with Gasteiger partial charge in [0.25, 0.3) is 0 Å². The lowest BCUT2D eigenvalue weighted by atomic mass is 9.81. The fourth-order valence-electron chi connectivity index (χ4n) is 3.61. The van der Waals surface area contributed by atoms with Crippen LogP contribution in [-0.4, -0.2) is 9.55 Å². The number of hydrogen-bond donors (Lipinski definition) is 0. The highest BCUT2D eigenvalue weighted by molar-refractivity contribution is 7.98. The van der Waals surface area contributed by atoms with E-state index in [9.17, 15) is 4.39 Å². The van der Waals surface area contributed by atoms with Crippen molar-refractivity contribution < 1.29 is 8.78 Å². The van der Waals surface area contributed by atoms with Gasteiger partial charge in [-0.1, -0.05) is 84.1 Å². The summed E-state index contributed by atoms with van der Waals surface area (Å²) >= 11 is 25.8. The van der Waals surface area contributed by atoms with Gasteiger partial charge in [-0.2, -0.15) is 0 Å². The highest BCUT2D eigenvalue weighted by atomic mass is 35.5. The first kappa shape index (κ1) is 25.3. The molecule has 0 saturated carbocycles. The molecule has 0 saturated heterocycles. The van der Waals surface area contributed by atoms with E-state index in [-0.39, 0.29) is 16.5 Å². The van der Waals surface area contributed by atoms with Crippen molar-refractivity contribution >= 4 is 58.2 Å². The van der Waals surface area contributed by atoms with Crippen LogP contribution in [0.2, 0.25) is 20.1 Å². The van der Waals surface area contributed by atoms with Crippen molar-refractivity contribution in [3.8, 4) is 5.69 Å². The molecular formula is C25H18Cl4F2N2S. The summed E-state index contributed by atoms with van der Waals surface area (Å²) in [5.41, 5.74) is 1.56. The molecule has 0 unspecified atom stereocenters. The van der Waals surface area contributed by atoms with E-state index < -0.39 is 17.0 Å². The van der Waals surface area contributed by atoms with Gasteiger partial charge in [-0.3, -0.25) is 4.57 Å². The van der Waals surface area contributed by atoms with Gasteiger partial charge < -0.3 is 0 Å². The molecule has 0 N–H and O–H groups in total. The molecule has 0 atom stereocenters. The maximum absolute atomic E-state index is 15.1. The molecule has 4 rings (SSSR count). The SMILES string of the molecule is CC(C)(c1ccc(Cl)c(Cl)c1)c1cnc(SCc2c(F)cccc2Cl)n1-c1ccc(Cl)cc1F. The molecule has 0 radical (unpaired) electrons. The largest absolute Gasteiger partial charge is 0.288 e. The van der Waals surface area contributed by atoms with Gasteiger partial charge in [0.1, 0.15) is 11.6 Å². The van der Waals surface area contributed by atoms with E-state index >= 15 is 4.39 Å². The third-order valence-corrected chi connectivity index (χ3v) is 7.88. The van der Waals surface area contributed by atoms with E-state index in [1.807, 2.05) is 19.9 Å². The van der Waals surface area contributed by atoms with Crippen LogP contribution in [0.4, 0.5) is 8.78 Å². The standard InChI is InChI=1S/C25H18Cl4F2N2S/c1-25(2,14-6-8-18(28)19(29)10-14)23-12-32-24(33(23)22-9-7-15(26)11-21(22)31)34-13-16-17(27)4-3-5-20(16)30/h3-12H,13H2,1-2H3. The number of nitrogens with zero attached hydrogens (tertiary/aromatic N) is 2. The van der Waals surface area contributed by atoms with E-state index in [0.29, 0.717) is 31.5 Å². The van der Waals surface area contributed by atoms with Crippen molar-refractivity contribution in [1.29, 1.82) is 0 Å². The average molecular weight is 558 g/mol. The first-order valence-electron chi connectivity index (χ1n) is 10.1. The Morgan fingerprint density at radius 3 is 2.32 bits per heavy atom. The van der Waals surface area contributed by atoms with Crippen LogP contribution in [0, 0.1) is 11.6 Å². The van der Waals surface area contributed by atoms with Crippen molar-refractivity contribution in [3.05, 3.63) is 109 Å². The van der Waals surface area contributed by atoms with Crippen LogP contribution in [0.25, 0.3) is 5.69 Å². The molecule has 1 aromatic heterocycles. The minimum atomic E-state index is -0.637. The first-order valence-corrected chi connectivity index (χ1v) is 12.6. The zero-order valence-electron chi connectivity index (χ0n) is 18.1. The van der Waals surface area contributed by atoms with E-state index in [0.717, 1.165) is 5.56 Å². The van der Waals surface area contributed by atoms with Crippen molar-refractivity contribution in [2.75, 3.05) is 0 Å². The summed E-state index contributed by atoms with van der Waals surface area (Å²) in [4.78, 5) is 4.56. The summed E-state index contributed by atoms with van der Waals surface area (Å²) < 4.78 is 31.2. The van der Waals surface area contributed by atoms with Gasteiger partial charge in [0.15, 0.2) is 5.16 Å². The topological polar surface area (TPSA) is 17.8 Å². The third kappa shape index (κ3) is 4.95. The molecule has 0 aliphatic heterocycles. The predicted octanol–water partition coefficient (Wildman–Crippen LogP) is 9.38. The van der Waals surface area contributed by atoms with E-state index in [2.05, 4.69) is 4.98 Å². The minimum absolute atomic E-state index is 0.213. The molecule has 4 aromatic rings. The molecule has 9 heteroatoms. The monoisotopic (exact) mass is 556 g/mol. The van der Waals surface area contributed by atoms with Crippen molar-refractivity contribution in [1.82, 2.24) is 9.55 Å². The zero-order chi connectivity index (χ0) is 24.6. The molecule has 2 nitrogen and oxygen atoms in total. The second kappa shape index (κ2) is 10.1. The highest BCUT2D eigenvalue weighted by Gasteiger charge is 2.31. The normalized spacial score (nSPS) is 11.8. The Labute approximate surface area is 220 Å². The maximum Gasteiger partial charge on any atom is 0.173 e. The quantitative estimate of drug-likeness (QED) is 0.220. The zero-order valence-corrected chi connectivity index (χ0v) is 21.9. The number of halogens is 6. The Kier molecular flexibility index (Phi) is 7.51. The van der Waals surface area contributed by atoms with Gasteiger partial charge in [0, 0.05) is 26.8 Å². The molecule has 34 heavy (non-hydrogen) atoms. The highest BCUT2D eigenvalue weighted by Crippen LogP contribution is 2.39. The summed E-state index contributed by atoms with van der Waals surface area (Å²) in [6, 6.07) is 14.4. The minimum Gasteiger partial charge on any atom is -0.288 e. The summed E-state index contributed by atoms with van der Waals surface area (Å²) in [6.07, 6.45) is 1.68. The molecular weight excluding hydrogens is 540 g/mol. The molecule has 176 valence electrons. The smallest absolute Gasteiger partial charge is 0.173 e. The average Bonchev–Trinajstić information content (AvgIpc) is 3.20. The molecule has 0 spiro atoms. The van der Waals surface area contributed by atoms with Crippen molar-refractivity contribution in [2.45, 2.75) is 30.2 Å². The Morgan fingerprint density at radius 2 is 1.65 bits per heavy atom. The van der Waals surface area contributed by atoms with E-state index in [4.69, 9.17) is 46.4 Å². The molecule has 0 fully saturated rings. The molecule has 0 bridgehead atoms.